The minimum absolute atomic E-state index is 0.536. The topological polar surface area (TPSA) is 24.5 Å². The lowest BCUT2D eigenvalue weighted by Crippen LogP contribution is -2.42. The molecular weight excluding hydrogens is 200 g/mol. The van der Waals surface area contributed by atoms with Crippen LogP contribution in [0.3, 0.4) is 0 Å². The summed E-state index contributed by atoms with van der Waals surface area (Å²) < 4.78 is 5.56. The lowest BCUT2D eigenvalue weighted by atomic mass is 10.0. The maximum atomic E-state index is 5.56. The van der Waals surface area contributed by atoms with E-state index < -0.39 is 0 Å². The van der Waals surface area contributed by atoms with Gasteiger partial charge in [0.15, 0.2) is 0 Å². The van der Waals surface area contributed by atoms with Gasteiger partial charge < -0.3 is 10.1 Å². The van der Waals surface area contributed by atoms with Gasteiger partial charge in [-0.2, -0.15) is 0 Å². The largest absolute Gasteiger partial charge is 0.379 e. The summed E-state index contributed by atoms with van der Waals surface area (Å²) in [4.78, 5) is 2.47. The third-order valence-electron chi connectivity index (χ3n) is 3.08. The fourth-order valence-corrected chi connectivity index (χ4v) is 2.35. The number of likely N-dealkylation sites (N-methyl/N-ethyl adjacent to an activating group) is 1. The Morgan fingerprint density at radius 1 is 1.44 bits per heavy atom. The Labute approximate surface area is 99.8 Å². The summed E-state index contributed by atoms with van der Waals surface area (Å²) in [6.07, 6.45) is 3.20. The van der Waals surface area contributed by atoms with Gasteiger partial charge in [-0.1, -0.05) is 19.9 Å². The minimum Gasteiger partial charge on any atom is -0.379 e. The summed E-state index contributed by atoms with van der Waals surface area (Å²) in [5, 5.41) is 3.51. The quantitative estimate of drug-likeness (QED) is 0.635. The lowest BCUT2D eigenvalue weighted by Gasteiger charge is -2.26. The molecule has 1 saturated heterocycles. The van der Waals surface area contributed by atoms with Crippen LogP contribution in [0.4, 0.5) is 0 Å². The van der Waals surface area contributed by atoms with E-state index >= 15 is 0 Å². The zero-order valence-corrected chi connectivity index (χ0v) is 10.7. The maximum absolute atomic E-state index is 5.56. The first-order chi connectivity index (χ1) is 7.81. The van der Waals surface area contributed by atoms with Gasteiger partial charge in [0.05, 0.1) is 13.2 Å². The second-order valence-corrected chi connectivity index (χ2v) is 4.51. The van der Waals surface area contributed by atoms with Crippen molar-refractivity contribution >= 4 is 0 Å². The highest BCUT2D eigenvalue weighted by molar-refractivity contribution is 4.85. The molecule has 1 N–H and O–H groups in total. The molecule has 0 spiro atoms. The van der Waals surface area contributed by atoms with Crippen LogP contribution >= 0.6 is 0 Å². The molecule has 0 bridgehead atoms. The zero-order valence-electron chi connectivity index (χ0n) is 10.7. The molecular formula is C13H26N2O. The smallest absolute Gasteiger partial charge is 0.0623 e. The van der Waals surface area contributed by atoms with Gasteiger partial charge in [0.25, 0.3) is 0 Å². The molecule has 1 heterocycles. The summed E-state index contributed by atoms with van der Waals surface area (Å²) in [7, 11) is 0. The van der Waals surface area contributed by atoms with Crippen LogP contribution in [0.25, 0.3) is 0 Å². The average molecular weight is 226 g/mol. The van der Waals surface area contributed by atoms with E-state index in [1.807, 2.05) is 6.08 Å². The van der Waals surface area contributed by atoms with Crippen molar-refractivity contribution in [1.29, 1.82) is 0 Å². The van der Waals surface area contributed by atoms with Gasteiger partial charge in [-0.15, -0.1) is 6.58 Å². The van der Waals surface area contributed by atoms with Crippen LogP contribution in [-0.2, 0) is 4.74 Å². The van der Waals surface area contributed by atoms with Crippen molar-refractivity contribution in [3.05, 3.63) is 12.7 Å². The molecule has 2 atom stereocenters. The Morgan fingerprint density at radius 3 is 2.88 bits per heavy atom. The molecule has 0 saturated carbocycles. The third kappa shape index (κ3) is 4.24. The molecule has 1 fully saturated rings. The Bertz CT molecular complexity index is 196. The van der Waals surface area contributed by atoms with Crippen LogP contribution in [0, 0.1) is 5.92 Å². The molecule has 0 amide bonds. The Hall–Kier alpha value is -0.380. The van der Waals surface area contributed by atoms with Crippen LogP contribution in [0.15, 0.2) is 12.7 Å². The average Bonchev–Trinajstić information content (AvgIpc) is 2.67. The van der Waals surface area contributed by atoms with Crippen LogP contribution in [0.5, 0.6) is 0 Å². The number of nitrogens with zero attached hydrogens (tertiary/aromatic N) is 1. The molecule has 2 unspecified atom stereocenters. The van der Waals surface area contributed by atoms with Gasteiger partial charge in [0.2, 0.25) is 0 Å². The van der Waals surface area contributed by atoms with Crippen molar-refractivity contribution in [2.24, 2.45) is 5.92 Å². The fourth-order valence-electron chi connectivity index (χ4n) is 2.35. The molecule has 1 aliphatic rings. The number of hydrogen-bond donors (Lipinski definition) is 1. The van der Waals surface area contributed by atoms with Gasteiger partial charge in [-0.05, 0) is 19.5 Å². The van der Waals surface area contributed by atoms with E-state index in [0.717, 1.165) is 39.4 Å². The van der Waals surface area contributed by atoms with Gasteiger partial charge in [-0.3, -0.25) is 4.90 Å². The highest BCUT2D eigenvalue weighted by Gasteiger charge is 2.28. The number of rotatable bonds is 8. The Morgan fingerprint density at radius 2 is 2.25 bits per heavy atom. The van der Waals surface area contributed by atoms with E-state index in [4.69, 9.17) is 4.74 Å². The van der Waals surface area contributed by atoms with Crippen molar-refractivity contribution in [2.45, 2.75) is 26.3 Å². The van der Waals surface area contributed by atoms with E-state index in [1.165, 1.54) is 6.42 Å². The van der Waals surface area contributed by atoms with Gasteiger partial charge in [-0.25, -0.2) is 0 Å². The predicted octanol–water partition coefficient (Wildman–Crippen LogP) is 1.51. The first kappa shape index (κ1) is 13.7. The Balaban J connectivity index is 2.39. The highest BCUT2D eigenvalue weighted by atomic mass is 16.5. The fraction of sp³-hybridized carbons (Fsp3) is 0.846. The number of ether oxygens (including phenoxy) is 1. The number of hydrogen-bond acceptors (Lipinski definition) is 3. The predicted molar refractivity (Wildman–Crippen MR) is 68.7 cm³/mol. The van der Waals surface area contributed by atoms with Gasteiger partial charge in [0, 0.05) is 25.0 Å². The van der Waals surface area contributed by atoms with Crippen LogP contribution in [-0.4, -0.2) is 50.3 Å². The van der Waals surface area contributed by atoms with Crippen LogP contribution < -0.4 is 5.32 Å². The normalized spacial score (nSPS) is 25.2. The summed E-state index contributed by atoms with van der Waals surface area (Å²) in [6.45, 7) is 14.3. The van der Waals surface area contributed by atoms with E-state index in [1.54, 1.807) is 0 Å². The second-order valence-electron chi connectivity index (χ2n) is 4.51. The molecule has 1 rings (SSSR count). The SMILES string of the molecule is C=CCN(CCC)CC1COCC1NCC. The second kappa shape index (κ2) is 7.82. The molecule has 0 aliphatic carbocycles. The standard InChI is InChI=1S/C13H26N2O/c1-4-7-15(8-5-2)9-12-10-16-11-13(12)14-6-3/h4,12-14H,1,5-11H2,2-3H3. The molecule has 3 nitrogen and oxygen atoms in total. The van der Waals surface area contributed by atoms with Crippen molar-refractivity contribution in [3.63, 3.8) is 0 Å². The number of nitrogens with one attached hydrogen (secondary N) is 1. The molecule has 3 heteroatoms. The van der Waals surface area contributed by atoms with Crippen LogP contribution in [0.2, 0.25) is 0 Å². The summed E-state index contributed by atoms with van der Waals surface area (Å²) >= 11 is 0. The minimum atomic E-state index is 0.536. The molecule has 0 radical (unpaired) electrons. The third-order valence-corrected chi connectivity index (χ3v) is 3.08. The van der Waals surface area contributed by atoms with Gasteiger partial charge in [0.1, 0.15) is 0 Å². The van der Waals surface area contributed by atoms with Crippen molar-refractivity contribution in [1.82, 2.24) is 10.2 Å². The first-order valence-corrected chi connectivity index (χ1v) is 6.46. The van der Waals surface area contributed by atoms with Crippen molar-refractivity contribution in [2.75, 3.05) is 39.4 Å². The monoisotopic (exact) mass is 226 g/mol. The molecule has 0 aromatic carbocycles. The van der Waals surface area contributed by atoms with Gasteiger partial charge >= 0.3 is 0 Å². The van der Waals surface area contributed by atoms with E-state index in [-0.39, 0.29) is 0 Å². The Kier molecular flexibility index (Phi) is 6.69. The molecule has 16 heavy (non-hydrogen) atoms. The van der Waals surface area contributed by atoms with Crippen LogP contribution in [0.1, 0.15) is 20.3 Å². The highest BCUT2D eigenvalue weighted by Crippen LogP contribution is 2.15. The summed E-state index contributed by atoms with van der Waals surface area (Å²) in [6, 6.07) is 0.536. The van der Waals surface area contributed by atoms with Crippen molar-refractivity contribution < 1.29 is 4.74 Å². The summed E-state index contributed by atoms with van der Waals surface area (Å²) in [5.74, 6) is 0.631. The molecule has 1 aliphatic heterocycles. The molecule has 0 aromatic rings. The van der Waals surface area contributed by atoms with E-state index in [0.29, 0.717) is 12.0 Å². The molecule has 94 valence electrons. The van der Waals surface area contributed by atoms with Crippen molar-refractivity contribution in [3.8, 4) is 0 Å². The first-order valence-electron chi connectivity index (χ1n) is 6.46. The lowest BCUT2D eigenvalue weighted by molar-refractivity contribution is 0.170. The van der Waals surface area contributed by atoms with E-state index in [2.05, 4.69) is 30.6 Å². The maximum Gasteiger partial charge on any atom is 0.0623 e. The van der Waals surface area contributed by atoms with E-state index in [9.17, 15) is 0 Å². The molecule has 0 aromatic heterocycles. The zero-order chi connectivity index (χ0) is 11.8. The summed E-state index contributed by atoms with van der Waals surface area (Å²) in [5.41, 5.74) is 0.